The van der Waals surface area contributed by atoms with Crippen molar-refractivity contribution in [2.45, 2.75) is 13.3 Å². The van der Waals surface area contributed by atoms with Gasteiger partial charge in [0, 0.05) is 23.6 Å². The number of nitrogens with two attached hydrogens (primary N) is 1. The van der Waals surface area contributed by atoms with Crippen molar-refractivity contribution in [2.75, 3.05) is 18.9 Å². The van der Waals surface area contributed by atoms with Gasteiger partial charge in [-0.1, -0.05) is 17.3 Å². The van der Waals surface area contributed by atoms with Crippen molar-refractivity contribution in [1.29, 1.82) is 0 Å². The predicted octanol–water partition coefficient (Wildman–Crippen LogP) is 1.82. The van der Waals surface area contributed by atoms with Gasteiger partial charge in [-0.3, -0.25) is 0 Å². The quantitative estimate of drug-likeness (QED) is 0.835. The van der Waals surface area contributed by atoms with Crippen LogP contribution in [-0.2, 0) is 11.2 Å². The molecule has 18 heavy (non-hydrogen) atoms. The molecule has 0 atom stereocenters. The molecular weight excluding hydrogens is 230 g/mol. The van der Waals surface area contributed by atoms with E-state index >= 15 is 0 Å². The van der Waals surface area contributed by atoms with Gasteiger partial charge in [-0.05, 0) is 18.6 Å². The third kappa shape index (κ3) is 2.09. The lowest BCUT2D eigenvalue weighted by atomic mass is 10.0. The standard InChI is InChI=1S/C13H15N3O2/c1-8-2-3-10(5-11(8)14)13-15-12(18-16-13)4-9-6-17-7-9/h2-3,5,9H,4,6-7,14H2,1H3. The Labute approximate surface area is 105 Å². The Hall–Kier alpha value is -1.88. The molecule has 94 valence electrons. The second kappa shape index (κ2) is 4.42. The van der Waals surface area contributed by atoms with E-state index in [2.05, 4.69) is 10.1 Å². The number of ether oxygens (including phenoxy) is 1. The van der Waals surface area contributed by atoms with E-state index in [-0.39, 0.29) is 0 Å². The van der Waals surface area contributed by atoms with E-state index in [1.807, 2.05) is 25.1 Å². The summed E-state index contributed by atoms with van der Waals surface area (Å²) < 4.78 is 10.4. The van der Waals surface area contributed by atoms with Crippen LogP contribution in [-0.4, -0.2) is 23.4 Å². The van der Waals surface area contributed by atoms with Crippen LogP contribution in [0.15, 0.2) is 22.7 Å². The summed E-state index contributed by atoms with van der Waals surface area (Å²) in [4.78, 5) is 4.38. The van der Waals surface area contributed by atoms with E-state index in [1.165, 1.54) is 0 Å². The van der Waals surface area contributed by atoms with Gasteiger partial charge in [0.1, 0.15) is 0 Å². The van der Waals surface area contributed by atoms with Crippen LogP contribution >= 0.6 is 0 Å². The molecule has 0 bridgehead atoms. The molecular formula is C13H15N3O2. The third-order valence-electron chi connectivity index (χ3n) is 3.18. The first-order chi connectivity index (χ1) is 8.72. The van der Waals surface area contributed by atoms with Crippen molar-refractivity contribution in [3.8, 4) is 11.4 Å². The summed E-state index contributed by atoms with van der Waals surface area (Å²) in [6.45, 7) is 3.54. The lowest BCUT2D eigenvalue weighted by molar-refractivity contribution is -0.0342. The highest BCUT2D eigenvalue weighted by atomic mass is 16.5. The number of rotatable bonds is 3. The Morgan fingerprint density at radius 3 is 2.89 bits per heavy atom. The second-order valence-electron chi connectivity index (χ2n) is 4.69. The predicted molar refractivity (Wildman–Crippen MR) is 66.9 cm³/mol. The molecule has 1 aromatic heterocycles. The Bertz CT molecular complexity index is 561. The number of aromatic nitrogens is 2. The smallest absolute Gasteiger partial charge is 0.227 e. The molecule has 0 spiro atoms. The van der Waals surface area contributed by atoms with Crippen LogP contribution in [0.1, 0.15) is 11.5 Å². The van der Waals surface area contributed by atoms with Crippen molar-refractivity contribution in [1.82, 2.24) is 10.1 Å². The summed E-state index contributed by atoms with van der Waals surface area (Å²) in [5.41, 5.74) is 8.55. The minimum absolute atomic E-state index is 0.515. The number of benzene rings is 1. The molecule has 1 aromatic carbocycles. The summed E-state index contributed by atoms with van der Waals surface area (Å²) in [6, 6.07) is 5.78. The molecule has 0 unspecified atom stereocenters. The first-order valence-electron chi connectivity index (χ1n) is 5.99. The lowest BCUT2D eigenvalue weighted by Crippen LogP contribution is -2.29. The molecule has 2 aromatic rings. The van der Waals surface area contributed by atoms with Crippen molar-refractivity contribution >= 4 is 5.69 Å². The molecule has 0 saturated carbocycles. The summed E-state index contributed by atoms with van der Waals surface area (Å²) in [5, 5.41) is 3.99. The highest BCUT2D eigenvalue weighted by molar-refractivity contribution is 5.63. The first-order valence-corrected chi connectivity index (χ1v) is 5.99. The van der Waals surface area contributed by atoms with E-state index in [9.17, 15) is 0 Å². The summed E-state index contributed by atoms with van der Waals surface area (Å²) in [7, 11) is 0. The number of hydrogen-bond donors (Lipinski definition) is 1. The Morgan fingerprint density at radius 2 is 2.22 bits per heavy atom. The zero-order chi connectivity index (χ0) is 12.5. The fourth-order valence-electron chi connectivity index (χ4n) is 1.88. The molecule has 3 rings (SSSR count). The highest BCUT2D eigenvalue weighted by Crippen LogP contribution is 2.22. The average Bonchev–Trinajstić information content (AvgIpc) is 2.76. The summed E-state index contributed by atoms with van der Waals surface area (Å²) in [6.07, 6.45) is 0.786. The maximum absolute atomic E-state index is 5.87. The van der Waals surface area contributed by atoms with Crippen LogP contribution in [0.2, 0.25) is 0 Å². The van der Waals surface area contributed by atoms with Gasteiger partial charge in [-0.2, -0.15) is 4.98 Å². The van der Waals surface area contributed by atoms with E-state index in [0.29, 0.717) is 17.6 Å². The van der Waals surface area contributed by atoms with E-state index in [1.54, 1.807) is 0 Å². The van der Waals surface area contributed by atoms with E-state index in [4.69, 9.17) is 15.0 Å². The fraction of sp³-hybridized carbons (Fsp3) is 0.385. The van der Waals surface area contributed by atoms with Gasteiger partial charge in [0.25, 0.3) is 0 Å². The van der Waals surface area contributed by atoms with Crippen molar-refractivity contribution in [3.63, 3.8) is 0 Å². The van der Waals surface area contributed by atoms with Crippen LogP contribution in [0.3, 0.4) is 0 Å². The van der Waals surface area contributed by atoms with Gasteiger partial charge in [-0.25, -0.2) is 0 Å². The minimum atomic E-state index is 0.515. The van der Waals surface area contributed by atoms with Gasteiger partial charge >= 0.3 is 0 Å². The number of nitrogen functional groups attached to an aromatic ring is 1. The van der Waals surface area contributed by atoms with Crippen LogP contribution in [0.25, 0.3) is 11.4 Å². The number of anilines is 1. The first kappa shape index (κ1) is 11.2. The Balaban J connectivity index is 1.80. The maximum atomic E-state index is 5.87. The molecule has 1 aliphatic rings. The van der Waals surface area contributed by atoms with E-state index in [0.717, 1.165) is 36.4 Å². The monoisotopic (exact) mass is 245 g/mol. The van der Waals surface area contributed by atoms with Crippen LogP contribution < -0.4 is 5.73 Å². The Morgan fingerprint density at radius 1 is 1.39 bits per heavy atom. The third-order valence-corrected chi connectivity index (χ3v) is 3.18. The molecule has 2 heterocycles. The molecule has 0 amide bonds. The van der Waals surface area contributed by atoms with E-state index < -0.39 is 0 Å². The average molecular weight is 245 g/mol. The van der Waals surface area contributed by atoms with Crippen molar-refractivity contribution < 1.29 is 9.26 Å². The molecule has 1 fully saturated rings. The van der Waals surface area contributed by atoms with Crippen molar-refractivity contribution in [3.05, 3.63) is 29.7 Å². The number of nitrogens with zero attached hydrogens (tertiary/aromatic N) is 2. The minimum Gasteiger partial charge on any atom is -0.398 e. The summed E-state index contributed by atoms with van der Waals surface area (Å²) in [5.74, 6) is 1.77. The topological polar surface area (TPSA) is 74.2 Å². The molecule has 2 N–H and O–H groups in total. The van der Waals surface area contributed by atoms with Gasteiger partial charge in [-0.15, -0.1) is 0 Å². The van der Waals surface area contributed by atoms with Gasteiger partial charge in [0.2, 0.25) is 11.7 Å². The van der Waals surface area contributed by atoms with Crippen LogP contribution in [0, 0.1) is 12.8 Å². The normalized spacial score (nSPS) is 15.6. The Kier molecular flexibility index (Phi) is 2.76. The maximum Gasteiger partial charge on any atom is 0.227 e. The molecule has 1 saturated heterocycles. The SMILES string of the molecule is Cc1ccc(-c2noc(CC3COC3)n2)cc1N. The molecule has 0 aliphatic carbocycles. The molecule has 1 aliphatic heterocycles. The second-order valence-corrected chi connectivity index (χ2v) is 4.69. The molecule has 5 heteroatoms. The van der Waals surface area contributed by atoms with Crippen LogP contribution in [0.5, 0.6) is 0 Å². The summed E-state index contributed by atoms with van der Waals surface area (Å²) >= 11 is 0. The zero-order valence-corrected chi connectivity index (χ0v) is 10.2. The number of aryl methyl sites for hydroxylation is 1. The molecule has 5 nitrogen and oxygen atoms in total. The lowest BCUT2D eigenvalue weighted by Gasteiger charge is -2.23. The van der Waals surface area contributed by atoms with Crippen molar-refractivity contribution in [2.24, 2.45) is 5.92 Å². The van der Waals surface area contributed by atoms with Gasteiger partial charge in [0.05, 0.1) is 13.2 Å². The highest BCUT2D eigenvalue weighted by Gasteiger charge is 2.22. The van der Waals surface area contributed by atoms with Crippen LogP contribution in [0.4, 0.5) is 5.69 Å². The number of hydrogen-bond acceptors (Lipinski definition) is 5. The fourth-order valence-corrected chi connectivity index (χ4v) is 1.88. The largest absolute Gasteiger partial charge is 0.398 e. The van der Waals surface area contributed by atoms with Gasteiger partial charge < -0.3 is 15.0 Å². The zero-order valence-electron chi connectivity index (χ0n) is 10.2. The van der Waals surface area contributed by atoms with Gasteiger partial charge in [0.15, 0.2) is 0 Å². The molecule has 0 radical (unpaired) electrons.